The largest absolute Gasteiger partial charge is 0.493 e. The van der Waals surface area contributed by atoms with Crippen LogP contribution in [-0.2, 0) is 24.2 Å². The van der Waals surface area contributed by atoms with E-state index in [-0.39, 0.29) is 24.8 Å². The van der Waals surface area contributed by atoms with Crippen molar-refractivity contribution in [3.05, 3.63) is 119 Å². The molecule has 0 atom stereocenters. The van der Waals surface area contributed by atoms with Crippen LogP contribution in [0.15, 0.2) is 91.0 Å². The summed E-state index contributed by atoms with van der Waals surface area (Å²) >= 11 is 0. The fourth-order valence-electron chi connectivity index (χ4n) is 5.77. The molecule has 8 heteroatoms. The molecule has 45 heavy (non-hydrogen) atoms. The summed E-state index contributed by atoms with van der Waals surface area (Å²) in [5, 5.41) is 9.46. The second kappa shape index (κ2) is 14.6. The maximum Gasteiger partial charge on any atom is 0.305 e. The van der Waals surface area contributed by atoms with Crippen molar-refractivity contribution < 1.29 is 29.0 Å². The Morgan fingerprint density at radius 1 is 0.822 bits per heavy atom. The van der Waals surface area contributed by atoms with Crippen LogP contribution < -0.4 is 9.47 Å². The summed E-state index contributed by atoms with van der Waals surface area (Å²) in [7, 11) is 1.58. The van der Waals surface area contributed by atoms with Gasteiger partial charge in [-0.2, -0.15) is 0 Å². The first kappa shape index (κ1) is 31.3. The molecule has 2 amide bonds. The van der Waals surface area contributed by atoms with Gasteiger partial charge in [0.15, 0.2) is 11.5 Å². The van der Waals surface area contributed by atoms with E-state index in [1.165, 1.54) is 5.56 Å². The zero-order valence-electron chi connectivity index (χ0n) is 25.7. The Bertz CT molecular complexity index is 1680. The highest BCUT2D eigenvalue weighted by Gasteiger charge is 2.26. The van der Waals surface area contributed by atoms with E-state index < -0.39 is 5.97 Å². The zero-order valence-corrected chi connectivity index (χ0v) is 25.7. The molecule has 0 aliphatic carbocycles. The number of carboxylic acid groups (broad SMARTS) is 1. The Labute approximate surface area is 263 Å². The van der Waals surface area contributed by atoms with Gasteiger partial charge in [0, 0.05) is 37.3 Å². The third-order valence-corrected chi connectivity index (χ3v) is 8.10. The molecule has 0 spiro atoms. The molecule has 1 N–H and O–H groups in total. The average Bonchev–Trinajstić information content (AvgIpc) is 3.07. The molecule has 5 rings (SSSR count). The van der Waals surface area contributed by atoms with Crippen molar-refractivity contribution in [2.45, 2.75) is 32.7 Å². The van der Waals surface area contributed by atoms with Crippen molar-refractivity contribution in [1.82, 2.24) is 9.80 Å². The molecule has 4 aromatic rings. The number of hydrogen-bond donors (Lipinski definition) is 1. The number of aliphatic carboxylic acids is 1. The van der Waals surface area contributed by atoms with Crippen molar-refractivity contribution in [1.29, 1.82) is 0 Å². The number of fused-ring (bicyclic) bond motifs is 1. The molecule has 0 saturated carbocycles. The molecule has 0 bridgehead atoms. The van der Waals surface area contributed by atoms with E-state index in [4.69, 9.17) is 9.47 Å². The van der Waals surface area contributed by atoms with Gasteiger partial charge in [-0.05, 0) is 71.8 Å². The van der Waals surface area contributed by atoms with Gasteiger partial charge in [-0.15, -0.1) is 0 Å². The van der Waals surface area contributed by atoms with Crippen LogP contribution in [0.25, 0.3) is 11.1 Å². The lowest BCUT2D eigenvalue weighted by molar-refractivity contribution is -0.137. The first-order chi connectivity index (χ1) is 21.9. The SMILES string of the molecule is CCOc1cc(CCN(CCC(=O)O)C(=O)c2ccccc2-c2ccccc2C(=O)N2CCc3ccccc3C2)ccc1OC. The number of rotatable bonds is 12. The Balaban J connectivity index is 1.42. The first-order valence-corrected chi connectivity index (χ1v) is 15.2. The van der Waals surface area contributed by atoms with Gasteiger partial charge in [-0.25, -0.2) is 0 Å². The van der Waals surface area contributed by atoms with Crippen LogP contribution in [0.3, 0.4) is 0 Å². The quantitative estimate of drug-likeness (QED) is 0.209. The lowest BCUT2D eigenvalue weighted by Crippen LogP contribution is -2.36. The van der Waals surface area contributed by atoms with Crippen molar-refractivity contribution in [2.24, 2.45) is 0 Å². The number of carboxylic acids is 1. The van der Waals surface area contributed by atoms with E-state index in [1.54, 1.807) is 30.2 Å². The van der Waals surface area contributed by atoms with Crippen molar-refractivity contribution in [3.63, 3.8) is 0 Å². The lowest BCUT2D eigenvalue weighted by Gasteiger charge is -2.30. The van der Waals surface area contributed by atoms with Gasteiger partial charge in [0.25, 0.3) is 11.8 Å². The maximum absolute atomic E-state index is 14.2. The van der Waals surface area contributed by atoms with Crippen LogP contribution in [0.1, 0.15) is 50.8 Å². The lowest BCUT2D eigenvalue weighted by atomic mass is 9.93. The summed E-state index contributed by atoms with van der Waals surface area (Å²) in [4.78, 5) is 43.1. The topological polar surface area (TPSA) is 96.4 Å². The molecule has 1 aliphatic rings. The molecule has 1 heterocycles. The molecule has 0 unspecified atom stereocenters. The monoisotopic (exact) mass is 606 g/mol. The van der Waals surface area contributed by atoms with Crippen LogP contribution in [-0.4, -0.2) is 66.0 Å². The van der Waals surface area contributed by atoms with Gasteiger partial charge in [0.2, 0.25) is 0 Å². The van der Waals surface area contributed by atoms with Crippen LogP contribution in [0, 0.1) is 0 Å². The van der Waals surface area contributed by atoms with Crippen molar-refractivity contribution in [2.75, 3.05) is 33.4 Å². The smallest absolute Gasteiger partial charge is 0.305 e. The van der Waals surface area contributed by atoms with Crippen molar-refractivity contribution >= 4 is 17.8 Å². The van der Waals surface area contributed by atoms with Crippen LogP contribution in [0.5, 0.6) is 11.5 Å². The molecular weight excluding hydrogens is 568 g/mol. The Hall–Kier alpha value is -5.11. The predicted molar refractivity (Wildman–Crippen MR) is 173 cm³/mol. The number of carbonyl (C=O) groups is 3. The minimum absolute atomic E-state index is 0.0464. The average molecular weight is 607 g/mol. The van der Waals surface area contributed by atoms with E-state index in [2.05, 4.69) is 12.1 Å². The minimum Gasteiger partial charge on any atom is -0.493 e. The Morgan fingerprint density at radius 3 is 2.20 bits per heavy atom. The van der Waals surface area contributed by atoms with Gasteiger partial charge in [0.05, 0.1) is 20.1 Å². The first-order valence-electron chi connectivity index (χ1n) is 15.2. The number of amides is 2. The number of methoxy groups -OCH3 is 1. The van der Waals surface area contributed by atoms with Crippen molar-refractivity contribution in [3.8, 4) is 22.6 Å². The standard InChI is InChI=1S/C37H38N2O6/c1-3-45-34-24-26(16-17-33(34)44-2)18-21-38(23-20-35(40)41)36(42)31-14-8-6-12-29(31)30-13-7-9-15-32(30)37(43)39-22-19-27-10-4-5-11-28(27)25-39/h4-17,24H,3,18-23,25H2,1-2H3,(H,40,41). The second-order valence-electron chi connectivity index (χ2n) is 10.9. The number of nitrogens with zero attached hydrogens (tertiary/aromatic N) is 2. The highest BCUT2D eigenvalue weighted by Crippen LogP contribution is 2.31. The Morgan fingerprint density at radius 2 is 1.49 bits per heavy atom. The fraction of sp³-hybridized carbons (Fsp3) is 0.270. The highest BCUT2D eigenvalue weighted by atomic mass is 16.5. The third kappa shape index (κ3) is 7.34. The summed E-state index contributed by atoms with van der Waals surface area (Å²) in [6.45, 7) is 3.87. The van der Waals surface area contributed by atoms with E-state index in [9.17, 15) is 19.5 Å². The van der Waals surface area contributed by atoms with Gasteiger partial charge < -0.3 is 24.4 Å². The molecule has 4 aromatic carbocycles. The fourth-order valence-corrected chi connectivity index (χ4v) is 5.77. The Kier molecular flexibility index (Phi) is 10.1. The van der Waals surface area contributed by atoms with Gasteiger partial charge in [-0.3, -0.25) is 14.4 Å². The van der Waals surface area contributed by atoms with Gasteiger partial charge >= 0.3 is 5.97 Å². The zero-order chi connectivity index (χ0) is 31.8. The molecule has 8 nitrogen and oxygen atoms in total. The van der Waals surface area contributed by atoms with Crippen LogP contribution in [0.4, 0.5) is 0 Å². The molecule has 232 valence electrons. The predicted octanol–water partition coefficient (Wildman–Crippen LogP) is 6.12. The van der Waals surface area contributed by atoms with E-state index in [1.807, 2.05) is 72.5 Å². The third-order valence-electron chi connectivity index (χ3n) is 8.10. The molecule has 1 aliphatic heterocycles. The second-order valence-corrected chi connectivity index (χ2v) is 10.9. The number of ether oxygens (including phenoxy) is 2. The summed E-state index contributed by atoms with van der Waals surface area (Å²) in [5.74, 6) is -0.127. The molecule has 0 aromatic heterocycles. The summed E-state index contributed by atoms with van der Waals surface area (Å²) < 4.78 is 11.1. The number of hydrogen-bond acceptors (Lipinski definition) is 5. The van der Waals surface area contributed by atoms with E-state index in [0.717, 1.165) is 17.5 Å². The maximum atomic E-state index is 14.2. The summed E-state index contributed by atoms with van der Waals surface area (Å²) in [6, 6.07) is 28.4. The van der Waals surface area contributed by atoms with E-state index >= 15 is 0 Å². The normalized spacial score (nSPS) is 12.3. The molecule has 0 radical (unpaired) electrons. The minimum atomic E-state index is -0.983. The number of benzene rings is 4. The molecule has 0 saturated heterocycles. The van der Waals surface area contributed by atoms with Crippen LogP contribution >= 0.6 is 0 Å². The van der Waals surface area contributed by atoms with E-state index in [0.29, 0.717) is 66.4 Å². The van der Waals surface area contributed by atoms with Gasteiger partial charge in [0.1, 0.15) is 0 Å². The highest BCUT2D eigenvalue weighted by molar-refractivity contribution is 6.06. The van der Waals surface area contributed by atoms with Crippen LogP contribution in [0.2, 0.25) is 0 Å². The van der Waals surface area contributed by atoms with Gasteiger partial charge in [-0.1, -0.05) is 66.7 Å². The molecule has 0 fully saturated rings. The summed E-state index contributed by atoms with van der Waals surface area (Å²) in [6.07, 6.45) is 1.09. The summed E-state index contributed by atoms with van der Waals surface area (Å²) in [5.41, 5.74) is 5.57. The number of carbonyl (C=O) groups excluding carboxylic acids is 2. The molecular formula is C37H38N2O6.